The second kappa shape index (κ2) is 6.20. The zero-order valence-electron chi connectivity index (χ0n) is 11.7. The van der Waals surface area contributed by atoms with E-state index in [1.54, 1.807) is 24.1 Å². The fourth-order valence-electron chi connectivity index (χ4n) is 2.57. The number of carbonyl (C=O) groups excluding carboxylic acids is 1. The highest BCUT2D eigenvalue weighted by Gasteiger charge is 2.23. The quantitative estimate of drug-likeness (QED) is 0.872. The van der Waals surface area contributed by atoms with E-state index in [0.717, 1.165) is 26.1 Å². The Labute approximate surface area is 129 Å². The van der Waals surface area contributed by atoms with Crippen LogP contribution in [0.15, 0.2) is 12.1 Å². The summed E-state index contributed by atoms with van der Waals surface area (Å²) in [5.41, 5.74) is 6.47. The molecule has 0 aromatic heterocycles. The number of anilines is 1. The topological polar surface area (TPSA) is 49.6 Å². The molecule has 110 valence electrons. The SMILES string of the molecule is CN1CCC(CN(C)C(=O)c2cc(Cl)c(N)c(Cl)c2)C1. The molecule has 2 N–H and O–H groups in total. The molecular formula is C14H19Cl2N3O. The van der Waals surface area contributed by atoms with Crippen molar-refractivity contribution in [3.8, 4) is 0 Å². The summed E-state index contributed by atoms with van der Waals surface area (Å²) in [4.78, 5) is 16.4. The van der Waals surface area contributed by atoms with E-state index >= 15 is 0 Å². The number of amides is 1. The van der Waals surface area contributed by atoms with E-state index in [0.29, 0.717) is 27.2 Å². The summed E-state index contributed by atoms with van der Waals surface area (Å²) < 4.78 is 0. The highest BCUT2D eigenvalue weighted by molar-refractivity contribution is 6.39. The first-order chi connectivity index (χ1) is 9.38. The number of nitrogen functional groups attached to an aromatic ring is 1. The second-order valence-electron chi connectivity index (χ2n) is 5.46. The molecule has 1 atom stereocenters. The molecule has 1 aliphatic rings. The maximum absolute atomic E-state index is 12.4. The average Bonchev–Trinajstić information content (AvgIpc) is 2.79. The van der Waals surface area contributed by atoms with Crippen LogP contribution in [-0.2, 0) is 0 Å². The van der Waals surface area contributed by atoms with Gasteiger partial charge in [0.25, 0.3) is 5.91 Å². The van der Waals surface area contributed by atoms with Gasteiger partial charge in [-0.2, -0.15) is 0 Å². The summed E-state index contributed by atoms with van der Waals surface area (Å²) in [7, 11) is 3.90. The molecule has 0 spiro atoms. The lowest BCUT2D eigenvalue weighted by Crippen LogP contribution is -2.32. The van der Waals surface area contributed by atoms with Gasteiger partial charge in [-0.1, -0.05) is 23.2 Å². The van der Waals surface area contributed by atoms with E-state index in [1.165, 1.54) is 0 Å². The number of benzene rings is 1. The van der Waals surface area contributed by atoms with E-state index in [1.807, 2.05) is 0 Å². The highest BCUT2D eigenvalue weighted by Crippen LogP contribution is 2.29. The van der Waals surface area contributed by atoms with Crippen molar-refractivity contribution < 1.29 is 4.79 Å². The Hall–Kier alpha value is -0.970. The first-order valence-electron chi connectivity index (χ1n) is 6.57. The molecule has 0 saturated carbocycles. The molecule has 1 heterocycles. The van der Waals surface area contributed by atoms with Crippen LogP contribution in [-0.4, -0.2) is 49.4 Å². The molecule has 1 saturated heterocycles. The van der Waals surface area contributed by atoms with Gasteiger partial charge in [0.1, 0.15) is 0 Å². The highest BCUT2D eigenvalue weighted by atomic mass is 35.5. The maximum Gasteiger partial charge on any atom is 0.253 e. The van der Waals surface area contributed by atoms with Crippen LogP contribution in [0.2, 0.25) is 10.0 Å². The number of nitrogens with zero attached hydrogens (tertiary/aromatic N) is 2. The van der Waals surface area contributed by atoms with Crippen LogP contribution in [0.25, 0.3) is 0 Å². The van der Waals surface area contributed by atoms with Gasteiger partial charge in [0.15, 0.2) is 0 Å². The Morgan fingerprint density at radius 1 is 1.45 bits per heavy atom. The third-order valence-electron chi connectivity index (χ3n) is 3.69. The molecule has 1 amide bonds. The first kappa shape index (κ1) is 15.4. The smallest absolute Gasteiger partial charge is 0.253 e. The van der Waals surface area contributed by atoms with Crippen LogP contribution in [0.1, 0.15) is 16.8 Å². The van der Waals surface area contributed by atoms with Gasteiger partial charge in [-0.25, -0.2) is 0 Å². The molecule has 0 aliphatic carbocycles. The zero-order chi connectivity index (χ0) is 14.9. The molecule has 1 unspecified atom stereocenters. The lowest BCUT2D eigenvalue weighted by atomic mass is 10.1. The van der Waals surface area contributed by atoms with Crippen molar-refractivity contribution >= 4 is 34.8 Å². The fourth-order valence-corrected chi connectivity index (χ4v) is 3.06. The minimum absolute atomic E-state index is 0.0802. The standard InChI is InChI=1S/C14H19Cl2N3O/c1-18-4-3-9(7-18)8-19(2)14(20)10-5-11(15)13(17)12(16)6-10/h5-6,9H,3-4,7-8,17H2,1-2H3. The van der Waals surface area contributed by atoms with Crippen LogP contribution in [0.3, 0.4) is 0 Å². The molecule has 1 aromatic rings. The van der Waals surface area contributed by atoms with Gasteiger partial charge in [0, 0.05) is 25.7 Å². The fraction of sp³-hybridized carbons (Fsp3) is 0.500. The molecular weight excluding hydrogens is 297 g/mol. The third-order valence-corrected chi connectivity index (χ3v) is 4.32. The Morgan fingerprint density at radius 2 is 2.05 bits per heavy atom. The van der Waals surface area contributed by atoms with Gasteiger partial charge in [-0.15, -0.1) is 0 Å². The molecule has 0 bridgehead atoms. The van der Waals surface area contributed by atoms with E-state index < -0.39 is 0 Å². The van der Waals surface area contributed by atoms with Crippen molar-refractivity contribution in [2.24, 2.45) is 5.92 Å². The van der Waals surface area contributed by atoms with E-state index in [-0.39, 0.29) is 5.91 Å². The van der Waals surface area contributed by atoms with E-state index in [4.69, 9.17) is 28.9 Å². The number of carbonyl (C=O) groups is 1. The molecule has 2 rings (SSSR count). The monoisotopic (exact) mass is 315 g/mol. The average molecular weight is 316 g/mol. The predicted molar refractivity (Wildman–Crippen MR) is 83.4 cm³/mol. The summed E-state index contributed by atoms with van der Waals surface area (Å²) in [6.07, 6.45) is 1.12. The van der Waals surface area contributed by atoms with E-state index in [2.05, 4.69) is 11.9 Å². The Morgan fingerprint density at radius 3 is 2.55 bits per heavy atom. The van der Waals surface area contributed by atoms with Crippen molar-refractivity contribution in [2.75, 3.05) is 39.5 Å². The number of rotatable bonds is 3. The van der Waals surface area contributed by atoms with Gasteiger partial charge in [-0.05, 0) is 38.1 Å². The molecule has 1 aromatic carbocycles. The lowest BCUT2D eigenvalue weighted by Gasteiger charge is -2.21. The Balaban J connectivity index is 2.07. The zero-order valence-corrected chi connectivity index (χ0v) is 13.2. The number of likely N-dealkylation sites (tertiary alicyclic amines) is 1. The lowest BCUT2D eigenvalue weighted by molar-refractivity contribution is 0.0774. The van der Waals surface area contributed by atoms with Crippen molar-refractivity contribution in [1.82, 2.24) is 9.80 Å². The summed E-state index contributed by atoms with van der Waals surface area (Å²) in [5.74, 6) is 0.442. The number of hydrogen-bond donors (Lipinski definition) is 1. The predicted octanol–water partition coefficient (Wildman–Crippen LogP) is 2.60. The molecule has 20 heavy (non-hydrogen) atoms. The molecule has 1 fully saturated rings. The summed E-state index contributed by atoms with van der Waals surface area (Å²) >= 11 is 11.9. The maximum atomic E-state index is 12.4. The van der Waals surface area contributed by atoms with Crippen molar-refractivity contribution in [2.45, 2.75) is 6.42 Å². The van der Waals surface area contributed by atoms with Crippen LogP contribution >= 0.6 is 23.2 Å². The van der Waals surface area contributed by atoms with Crippen LogP contribution < -0.4 is 5.73 Å². The van der Waals surface area contributed by atoms with Crippen molar-refractivity contribution in [3.63, 3.8) is 0 Å². The number of nitrogens with two attached hydrogens (primary N) is 1. The van der Waals surface area contributed by atoms with Gasteiger partial charge >= 0.3 is 0 Å². The largest absolute Gasteiger partial charge is 0.396 e. The van der Waals surface area contributed by atoms with Crippen LogP contribution in [0.5, 0.6) is 0 Å². The van der Waals surface area contributed by atoms with Crippen molar-refractivity contribution in [3.05, 3.63) is 27.7 Å². The van der Waals surface area contributed by atoms with E-state index in [9.17, 15) is 4.79 Å². The summed E-state index contributed by atoms with van der Waals surface area (Å²) in [6, 6.07) is 3.14. The molecule has 4 nitrogen and oxygen atoms in total. The van der Waals surface area contributed by atoms with Crippen molar-refractivity contribution in [1.29, 1.82) is 0 Å². The number of halogens is 2. The summed E-state index contributed by atoms with van der Waals surface area (Å²) in [6.45, 7) is 2.86. The molecule has 6 heteroatoms. The minimum Gasteiger partial charge on any atom is -0.396 e. The van der Waals surface area contributed by atoms with Gasteiger partial charge < -0.3 is 15.5 Å². The van der Waals surface area contributed by atoms with Crippen LogP contribution in [0, 0.1) is 5.92 Å². The summed E-state index contributed by atoms with van der Waals surface area (Å²) in [5, 5.41) is 0.629. The first-order valence-corrected chi connectivity index (χ1v) is 7.32. The van der Waals surface area contributed by atoms with Gasteiger partial charge in [0.05, 0.1) is 15.7 Å². The normalized spacial score (nSPS) is 19.3. The van der Waals surface area contributed by atoms with Crippen LogP contribution in [0.4, 0.5) is 5.69 Å². The Bertz CT molecular complexity index is 498. The Kier molecular flexibility index (Phi) is 4.78. The third kappa shape index (κ3) is 3.37. The minimum atomic E-state index is -0.0802. The number of hydrogen-bond acceptors (Lipinski definition) is 3. The van der Waals surface area contributed by atoms with Gasteiger partial charge in [-0.3, -0.25) is 4.79 Å². The molecule has 0 radical (unpaired) electrons. The molecule has 1 aliphatic heterocycles. The second-order valence-corrected chi connectivity index (χ2v) is 6.27. The van der Waals surface area contributed by atoms with Gasteiger partial charge in [0.2, 0.25) is 0 Å².